The summed E-state index contributed by atoms with van der Waals surface area (Å²) in [7, 11) is 0. The molecule has 0 radical (unpaired) electrons. The van der Waals surface area contributed by atoms with Crippen molar-refractivity contribution < 1.29 is 9.59 Å². The number of carbonyl (C=O) groups is 2. The highest BCUT2D eigenvalue weighted by Crippen LogP contribution is 2.33. The van der Waals surface area contributed by atoms with Crippen molar-refractivity contribution in [2.24, 2.45) is 0 Å². The summed E-state index contributed by atoms with van der Waals surface area (Å²) in [6, 6.07) is 10.2. The number of carbonyl (C=O) groups excluding carboxylic acids is 2. The summed E-state index contributed by atoms with van der Waals surface area (Å²) in [5.74, 6) is -0.304. The molecule has 0 fully saturated rings. The van der Waals surface area contributed by atoms with Gasteiger partial charge >= 0.3 is 0 Å². The van der Waals surface area contributed by atoms with Crippen molar-refractivity contribution in [3.8, 4) is 0 Å². The lowest BCUT2D eigenvalue weighted by atomic mass is 10.1. The molecular formula is C17H13ClN2O2S. The van der Waals surface area contributed by atoms with Gasteiger partial charge in [-0.2, -0.15) is 0 Å². The van der Waals surface area contributed by atoms with Gasteiger partial charge in [-0.15, -0.1) is 0 Å². The molecule has 1 aromatic heterocycles. The fourth-order valence-electron chi connectivity index (χ4n) is 2.18. The third-order valence-corrected chi connectivity index (χ3v) is 4.90. The van der Waals surface area contributed by atoms with Crippen molar-refractivity contribution >= 4 is 50.0 Å². The first-order valence-corrected chi connectivity index (χ1v) is 8.13. The van der Waals surface area contributed by atoms with Gasteiger partial charge in [-0.1, -0.05) is 41.1 Å². The van der Waals surface area contributed by atoms with Gasteiger partial charge in [-0.3, -0.25) is 14.9 Å². The highest BCUT2D eigenvalue weighted by molar-refractivity contribution is 7.23. The van der Waals surface area contributed by atoms with Crippen LogP contribution in [0.5, 0.6) is 0 Å². The van der Waals surface area contributed by atoms with Crippen LogP contribution in [0.15, 0.2) is 36.4 Å². The number of nitrogens with one attached hydrogen (secondary N) is 1. The number of hydrogen-bond donors (Lipinski definition) is 1. The average molecular weight is 345 g/mol. The van der Waals surface area contributed by atoms with E-state index < -0.39 is 0 Å². The molecule has 1 heterocycles. The van der Waals surface area contributed by atoms with Crippen molar-refractivity contribution in [2.75, 3.05) is 5.32 Å². The zero-order valence-electron chi connectivity index (χ0n) is 12.5. The molecule has 0 saturated carbocycles. The van der Waals surface area contributed by atoms with Gasteiger partial charge in [0.05, 0.1) is 15.2 Å². The predicted octanol–water partition coefficient (Wildman–Crippen LogP) is 4.71. The normalized spacial score (nSPS) is 10.7. The second-order valence-corrected chi connectivity index (χ2v) is 6.55. The molecular weight excluding hydrogens is 332 g/mol. The van der Waals surface area contributed by atoms with Crippen molar-refractivity contribution in [1.82, 2.24) is 4.98 Å². The predicted molar refractivity (Wildman–Crippen MR) is 93.8 cm³/mol. The summed E-state index contributed by atoms with van der Waals surface area (Å²) < 4.78 is 0.855. The molecule has 6 heteroatoms. The second kappa shape index (κ2) is 6.10. The molecule has 116 valence electrons. The van der Waals surface area contributed by atoms with Crippen LogP contribution in [0.2, 0.25) is 5.02 Å². The number of Topliss-reactive ketones (excluding diaryl/α,β-unsaturated/α-hetero) is 1. The number of benzene rings is 2. The Morgan fingerprint density at radius 2 is 1.74 bits per heavy atom. The SMILES string of the molecule is CC(=O)c1ccc(C(=O)Nc2nc3c(C)ccc(Cl)c3s2)cc1. The Morgan fingerprint density at radius 3 is 2.35 bits per heavy atom. The number of nitrogens with zero attached hydrogens (tertiary/aromatic N) is 1. The Kier molecular flexibility index (Phi) is 4.15. The molecule has 3 aromatic rings. The van der Waals surface area contributed by atoms with Crippen LogP contribution in [0, 0.1) is 6.92 Å². The number of thiazole rings is 1. The number of rotatable bonds is 3. The van der Waals surface area contributed by atoms with Crippen LogP contribution in [0.1, 0.15) is 33.2 Å². The minimum atomic E-state index is -0.270. The van der Waals surface area contributed by atoms with E-state index >= 15 is 0 Å². The van der Waals surface area contributed by atoms with Gasteiger partial charge in [0, 0.05) is 11.1 Å². The average Bonchev–Trinajstić information content (AvgIpc) is 2.96. The molecule has 0 bridgehead atoms. The molecule has 0 aliphatic rings. The Labute approximate surface area is 142 Å². The summed E-state index contributed by atoms with van der Waals surface area (Å²) in [4.78, 5) is 28.0. The molecule has 0 atom stereocenters. The van der Waals surface area contributed by atoms with E-state index in [1.54, 1.807) is 24.3 Å². The van der Waals surface area contributed by atoms with Gasteiger partial charge in [-0.05, 0) is 37.6 Å². The molecule has 0 saturated heterocycles. The van der Waals surface area contributed by atoms with Crippen LogP contribution in [-0.4, -0.2) is 16.7 Å². The Morgan fingerprint density at radius 1 is 1.09 bits per heavy atom. The molecule has 0 aliphatic heterocycles. The molecule has 2 aromatic carbocycles. The monoisotopic (exact) mass is 344 g/mol. The van der Waals surface area contributed by atoms with Gasteiger partial charge < -0.3 is 0 Å². The molecule has 4 nitrogen and oxygen atoms in total. The maximum Gasteiger partial charge on any atom is 0.257 e. The fraction of sp³-hybridized carbons (Fsp3) is 0.118. The van der Waals surface area contributed by atoms with Crippen LogP contribution >= 0.6 is 22.9 Å². The van der Waals surface area contributed by atoms with Crippen molar-refractivity contribution in [2.45, 2.75) is 13.8 Å². The van der Waals surface area contributed by atoms with Crippen LogP contribution in [0.3, 0.4) is 0 Å². The van der Waals surface area contributed by atoms with Gasteiger partial charge in [0.1, 0.15) is 0 Å². The van der Waals surface area contributed by atoms with Crippen molar-refractivity contribution in [1.29, 1.82) is 0 Å². The minimum Gasteiger partial charge on any atom is -0.298 e. The minimum absolute atomic E-state index is 0.0340. The van der Waals surface area contributed by atoms with Crippen LogP contribution in [0.4, 0.5) is 5.13 Å². The van der Waals surface area contributed by atoms with Crippen LogP contribution < -0.4 is 5.32 Å². The smallest absolute Gasteiger partial charge is 0.257 e. The lowest BCUT2D eigenvalue weighted by molar-refractivity contribution is 0.101. The second-order valence-electron chi connectivity index (χ2n) is 5.15. The third-order valence-electron chi connectivity index (χ3n) is 3.47. The standard InChI is InChI=1S/C17H13ClN2O2S/c1-9-3-8-13(18)15-14(9)19-17(23-15)20-16(22)12-6-4-11(5-7-12)10(2)21/h3-8H,1-2H3,(H,19,20,22). The van der Waals surface area contributed by atoms with E-state index in [9.17, 15) is 9.59 Å². The largest absolute Gasteiger partial charge is 0.298 e. The first-order chi connectivity index (χ1) is 11.0. The van der Waals surface area contributed by atoms with E-state index in [-0.39, 0.29) is 11.7 Å². The number of ketones is 1. The van der Waals surface area contributed by atoms with E-state index in [1.807, 2.05) is 19.1 Å². The van der Waals surface area contributed by atoms with Gasteiger partial charge in [0.2, 0.25) is 0 Å². The summed E-state index contributed by atoms with van der Waals surface area (Å²) in [5.41, 5.74) is 2.85. The Hall–Kier alpha value is -2.24. The molecule has 0 spiro atoms. The number of anilines is 1. The van der Waals surface area contributed by atoms with Crippen LogP contribution in [-0.2, 0) is 0 Å². The van der Waals surface area contributed by atoms with Gasteiger partial charge in [0.15, 0.2) is 10.9 Å². The highest BCUT2D eigenvalue weighted by Gasteiger charge is 2.13. The third kappa shape index (κ3) is 3.11. The zero-order valence-corrected chi connectivity index (χ0v) is 14.1. The van der Waals surface area contributed by atoms with E-state index in [1.165, 1.54) is 18.3 Å². The first kappa shape index (κ1) is 15.6. The quantitative estimate of drug-likeness (QED) is 0.700. The zero-order chi connectivity index (χ0) is 16.6. The summed E-state index contributed by atoms with van der Waals surface area (Å²) in [6.45, 7) is 3.44. The molecule has 0 unspecified atom stereocenters. The number of hydrogen-bond acceptors (Lipinski definition) is 4. The molecule has 23 heavy (non-hydrogen) atoms. The Balaban J connectivity index is 1.86. The lowest BCUT2D eigenvalue weighted by Gasteiger charge is -2.02. The fourth-order valence-corrected chi connectivity index (χ4v) is 3.39. The van der Waals surface area contributed by atoms with E-state index in [0.29, 0.717) is 21.3 Å². The number of aromatic nitrogens is 1. The number of aryl methyl sites for hydroxylation is 1. The number of halogens is 1. The van der Waals surface area contributed by atoms with Crippen molar-refractivity contribution in [3.63, 3.8) is 0 Å². The highest BCUT2D eigenvalue weighted by atomic mass is 35.5. The van der Waals surface area contributed by atoms with Crippen LogP contribution in [0.25, 0.3) is 10.2 Å². The summed E-state index contributed by atoms with van der Waals surface area (Å²) >= 11 is 7.51. The molecule has 3 rings (SSSR count). The van der Waals surface area contributed by atoms with Gasteiger partial charge in [-0.25, -0.2) is 4.98 Å². The number of fused-ring (bicyclic) bond motifs is 1. The van der Waals surface area contributed by atoms with E-state index in [2.05, 4.69) is 10.3 Å². The van der Waals surface area contributed by atoms with E-state index in [4.69, 9.17) is 11.6 Å². The first-order valence-electron chi connectivity index (χ1n) is 6.93. The van der Waals surface area contributed by atoms with Gasteiger partial charge in [0.25, 0.3) is 5.91 Å². The molecule has 1 amide bonds. The maximum absolute atomic E-state index is 12.3. The molecule has 1 N–H and O–H groups in total. The van der Waals surface area contributed by atoms with E-state index in [0.717, 1.165) is 15.8 Å². The summed E-state index contributed by atoms with van der Waals surface area (Å²) in [6.07, 6.45) is 0. The topological polar surface area (TPSA) is 59.1 Å². The summed E-state index contributed by atoms with van der Waals surface area (Å²) in [5, 5.41) is 3.89. The Bertz CT molecular complexity index is 877. The molecule has 0 aliphatic carbocycles. The van der Waals surface area contributed by atoms with Crippen molar-refractivity contribution in [3.05, 3.63) is 58.1 Å². The number of amides is 1. The maximum atomic E-state index is 12.3. The lowest BCUT2D eigenvalue weighted by Crippen LogP contribution is -2.11.